The van der Waals surface area contributed by atoms with Crippen molar-refractivity contribution < 1.29 is 9.53 Å². The van der Waals surface area contributed by atoms with E-state index in [-0.39, 0.29) is 17.0 Å². The summed E-state index contributed by atoms with van der Waals surface area (Å²) in [6, 6.07) is 19.1. The van der Waals surface area contributed by atoms with E-state index in [0.29, 0.717) is 37.4 Å². The van der Waals surface area contributed by atoms with Gasteiger partial charge in [0.25, 0.3) is 11.5 Å². The van der Waals surface area contributed by atoms with Gasteiger partial charge < -0.3 is 10.1 Å². The Kier molecular flexibility index (Phi) is 8.75. The fourth-order valence-electron chi connectivity index (χ4n) is 3.49. The molecule has 1 amide bonds. The average molecular weight is 434 g/mol. The number of carbonyl (C=O) groups is 1. The molecule has 0 aliphatic carbocycles. The van der Waals surface area contributed by atoms with Crippen LogP contribution in [-0.2, 0) is 11.3 Å². The van der Waals surface area contributed by atoms with Crippen molar-refractivity contribution in [3.05, 3.63) is 76.6 Å². The molecule has 1 N–H and O–H groups in total. The van der Waals surface area contributed by atoms with Crippen molar-refractivity contribution in [1.82, 2.24) is 15.1 Å². The van der Waals surface area contributed by atoms with Crippen molar-refractivity contribution in [3.63, 3.8) is 0 Å². The van der Waals surface area contributed by atoms with Crippen LogP contribution in [0.2, 0.25) is 0 Å². The Morgan fingerprint density at radius 2 is 1.56 bits per heavy atom. The number of rotatable bonds is 11. The number of amides is 1. The maximum absolute atomic E-state index is 13.3. The van der Waals surface area contributed by atoms with Gasteiger partial charge in [-0.3, -0.25) is 9.59 Å². The van der Waals surface area contributed by atoms with Gasteiger partial charge in [0.1, 0.15) is 5.56 Å². The van der Waals surface area contributed by atoms with Crippen molar-refractivity contribution in [2.45, 2.75) is 39.7 Å². The van der Waals surface area contributed by atoms with Gasteiger partial charge in [-0.05, 0) is 25.3 Å². The van der Waals surface area contributed by atoms with Crippen molar-refractivity contribution in [1.29, 1.82) is 0 Å². The number of aryl methyl sites for hydroxylation is 1. The number of hydrogen-bond acceptors (Lipinski definition) is 4. The van der Waals surface area contributed by atoms with Crippen molar-refractivity contribution >= 4 is 5.91 Å². The van der Waals surface area contributed by atoms with Crippen molar-refractivity contribution in [2.24, 2.45) is 0 Å². The van der Waals surface area contributed by atoms with Gasteiger partial charge in [-0.25, -0.2) is 4.68 Å². The third-order valence-electron chi connectivity index (χ3n) is 5.19. The van der Waals surface area contributed by atoms with Gasteiger partial charge in [-0.1, -0.05) is 74.0 Å². The largest absolute Gasteiger partial charge is 0.381 e. The van der Waals surface area contributed by atoms with Crippen LogP contribution in [0.5, 0.6) is 0 Å². The van der Waals surface area contributed by atoms with E-state index in [9.17, 15) is 9.59 Å². The molecule has 6 nitrogen and oxygen atoms in total. The molecule has 3 aromatic rings. The van der Waals surface area contributed by atoms with Gasteiger partial charge in [0, 0.05) is 37.4 Å². The molecular weight excluding hydrogens is 402 g/mol. The minimum Gasteiger partial charge on any atom is -0.381 e. The molecule has 0 unspecified atom stereocenters. The quantitative estimate of drug-likeness (QED) is 0.451. The van der Waals surface area contributed by atoms with Crippen LogP contribution in [0, 0.1) is 0 Å². The third-order valence-corrected chi connectivity index (χ3v) is 5.19. The Hall–Kier alpha value is -3.25. The standard InChI is InChI=1S/C26H31N3O3/c1-3-5-18-32-19-12-17-27-25(30)23-22(20-13-8-6-9-14-20)24(21-15-10-7-11-16-21)28-29(4-2)26(23)31/h6-11,13-16H,3-5,12,17-19H2,1-2H3,(H,27,30). The predicted molar refractivity (Wildman–Crippen MR) is 128 cm³/mol. The molecule has 168 valence electrons. The van der Waals surface area contributed by atoms with Crippen LogP contribution in [0.4, 0.5) is 0 Å². The second-order valence-corrected chi connectivity index (χ2v) is 7.53. The molecule has 0 aliphatic heterocycles. The minimum atomic E-state index is -0.386. The third kappa shape index (κ3) is 5.71. The van der Waals surface area contributed by atoms with E-state index >= 15 is 0 Å². The van der Waals surface area contributed by atoms with Gasteiger partial charge >= 0.3 is 0 Å². The summed E-state index contributed by atoms with van der Waals surface area (Å²) in [5.41, 5.74) is 2.55. The SMILES string of the molecule is CCCCOCCCNC(=O)c1c(-c2ccccc2)c(-c2ccccc2)nn(CC)c1=O. The van der Waals surface area contributed by atoms with Crippen LogP contribution in [0.3, 0.4) is 0 Å². The molecule has 0 saturated carbocycles. The highest BCUT2D eigenvalue weighted by molar-refractivity contribution is 6.03. The number of ether oxygens (including phenoxy) is 1. The van der Waals surface area contributed by atoms with Crippen LogP contribution in [0.25, 0.3) is 22.4 Å². The first-order valence-electron chi connectivity index (χ1n) is 11.3. The fraction of sp³-hybridized carbons (Fsp3) is 0.346. The molecule has 0 aliphatic rings. The fourth-order valence-corrected chi connectivity index (χ4v) is 3.49. The number of carbonyl (C=O) groups excluding carboxylic acids is 1. The number of aromatic nitrogens is 2. The first-order valence-corrected chi connectivity index (χ1v) is 11.3. The summed E-state index contributed by atoms with van der Waals surface area (Å²) in [4.78, 5) is 26.5. The molecular formula is C26H31N3O3. The number of unbranched alkanes of at least 4 members (excludes halogenated alkanes) is 1. The summed E-state index contributed by atoms with van der Waals surface area (Å²) in [6.45, 7) is 6.09. The van der Waals surface area contributed by atoms with Crippen LogP contribution in [0.1, 0.15) is 43.5 Å². The Balaban J connectivity index is 1.98. The summed E-state index contributed by atoms with van der Waals surface area (Å²) in [5.74, 6) is -0.385. The highest BCUT2D eigenvalue weighted by Crippen LogP contribution is 2.31. The van der Waals surface area contributed by atoms with Crippen molar-refractivity contribution in [3.8, 4) is 22.4 Å². The number of nitrogens with one attached hydrogen (secondary N) is 1. The number of benzene rings is 2. The zero-order valence-electron chi connectivity index (χ0n) is 18.8. The molecule has 0 atom stereocenters. The first-order chi connectivity index (χ1) is 15.7. The van der Waals surface area contributed by atoms with Gasteiger partial charge in [0.2, 0.25) is 0 Å². The molecule has 2 aromatic carbocycles. The van der Waals surface area contributed by atoms with E-state index in [1.54, 1.807) is 0 Å². The number of nitrogens with zero attached hydrogens (tertiary/aromatic N) is 2. The highest BCUT2D eigenvalue weighted by Gasteiger charge is 2.24. The molecule has 6 heteroatoms. The van der Waals surface area contributed by atoms with Gasteiger partial charge in [-0.15, -0.1) is 0 Å². The van der Waals surface area contributed by atoms with E-state index in [1.807, 2.05) is 67.6 Å². The van der Waals surface area contributed by atoms with Gasteiger partial charge in [0.05, 0.1) is 5.69 Å². The molecule has 0 radical (unpaired) electrons. The summed E-state index contributed by atoms with van der Waals surface area (Å²) in [7, 11) is 0. The normalized spacial score (nSPS) is 10.8. The second-order valence-electron chi connectivity index (χ2n) is 7.53. The van der Waals surface area contributed by atoms with E-state index in [4.69, 9.17) is 4.74 Å². The lowest BCUT2D eigenvalue weighted by molar-refractivity contribution is 0.0938. The predicted octanol–water partition coefficient (Wildman–Crippen LogP) is 4.53. The van der Waals surface area contributed by atoms with Crippen LogP contribution in [-0.4, -0.2) is 35.4 Å². The molecule has 3 rings (SSSR count). The van der Waals surface area contributed by atoms with Gasteiger partial charge in [0.15, 0.2) is 0 Å². The van der Waals surface area contributed by atoms with Crippen molar-refractivity contribution in [2.75, 3.05) is 19.8 Å². The zero-order valence-corrected chi connectivity index (χ0v) is 18.8. The lowest BCUT2D eigenvalue weighted by atomic mass is 9.95. The Morgan fingerprint density at radius 3 is 2.19 bits per heavy atom. The number of hydrogen-bond donors (Lipinski definition) is 1. The molecule has 32 heavy (non-hydrogen) atoms. The van der Waals surface area contributed by atoms with E-state index < -0.39 is 0 Å². The topological polar surface area (TPSA) is 73.2 Å². The summed E-state index contributed by atoms with van der Waals surface area (Å²) in [6.07, 6.45) is 2.81. The summed E-state index contributed by atoms with van der Waals surface area (Å²) >= 11 is 0. The lowest BCUT2D eigenvalue weighted by Crippen LogP contribution is -2.36. The monoisotopic (exact) mass is 433 g/mol. The summed E-state index contributed by atoms with van der Waals surface area (Å²) in [5, 5.41) is 7.53. The average Bonchev–Trinajstić information content (AvgIpc) is 2.84. The molecule has 1 aromatic heterocycles. The van der Waals surface area contributed by atoms with Crippen LogP contribution in [0.15, 0.2) is 65.5 Å². The molecule has 0 fully saturated rings. The maximum Gasteiger partial charge on any atom is 0.280 e. The molecule has 1 heterocycles. The zero-order chi connectivity index (χ0) is 22.8. The second kappa shape index (κ2) is 12.0. The van der Waals surface area contributed by atoms with E-state index in [2.05, 4.69) is 17.3 Å². The van der Waals surface area contributed by atoms with Gasteiger partial charge in [-0.2, -0.15) is 5.10 Å². The maximum atomic E-state index is 13.3. The Morgan fingerprint density at radius 1 is 0.938 bits per heavy atom. The van der Waals surface area contributed by atoms with Crippen LogP contribution < -0.4 is 10.9 Å². The van der Waals surface area contributed by atoms with E-state index in [1.165, 1.54) is 4.68 Å². The lowest BCUT2D eigenvalue weighted by Gasteiger charge is -2.17. The van der Waals surface area contributed by atoms with Crippen LogP contribution >= 0.6 is 0 Å². The summed E-state index contributed by atoms with van der Waals surface area (Å²) < 4.78 is 6.92. The molecule has 0 saturated heterocycles. The van der Waals surface area contributed by atoms with E-state index in [0.717, 1.165) is 30.6 Å². The highest BCUT2D eigenvalue weighted by atomic mass is 16.5. The first kappa shape index (κ1) is 23.4. The molecule has 0 bridgehead atoms. The minimum absolute atomic E-state index is 0.124. The Labute approximate surface area is 189 Å². The molecule has 0 spiro atoms. The smallest absolute Gasteiger partial charge is 0.280 e. The Bertz CT molecular complexity index is 1060.